The minimum absolute atomic E-state index is 0.121. The van der Waals surface area contributed by atoms with Crippen LogP contribution in [0.2, 0.25) is 0 Å². The van der Waals surface area contributed by atoms with Crippen molar-refractivity contribution in [1.82, 2.24) is 45.7 Å². The molecule has 4 aliphatic rings. The van der Waals surface area contributed by atoms with Crippen LogP contribution in [0.5, 0.6) is 0 Å². The van der Waals surface area contributed by atoms with Crippen LogP contribution < -0.4 is 16.2 Å². The number of nitroso groups, excluding NO2 is 1. The number of fused-ring (bicyclic) bond motifs is 5. The number of carbonyl (C=O) groups excluding carboxylic acids is 4. The number of hydrogen-bond donors (Lipinski definition) is 3. The standard InChI is InChI=1S/C42H55N11O7/c1-8-35(54)50-16-14-28(22-50)53(58)49(7)36(25(3)4)39(55)45-32-18-34-46-38(48-60-34)26-12-13-33-29(17-26)30(37(51(33)9-2)27-20-43-24-44-21-27)19-42(5,6)23-59-41(57)31-11-10-15-52(47-31)40(32)56/h8,12-13,17,20-21,24-25,28,31-32,36,38,47-48H,1,9-11,14-16,18-19,22-23H2,2-7H3/p+1/t28-,31-,32-,36-,38?/m0/s1. The highest BCUT2D eigenvalue weighted by molar-refractivity contribution is 5.95. The fourth-order valence-corrected chi connectivity index (χ4v) is 8.80. The molecular formula is C42H56N11O7+. The first-order valence-corrected chi connectivity index (χ1v) is 20.7. The molecule has 6 bridgehead atoms. The summed E-state index contributed by atoms with van der Waals surface area (Å²) in [6, 6.07) is 2.59. The van der Waals surface area contributed by atoms with Crippen molar-refractivity contribution in [2.24, 2.45) is 16.3 Å². The van der Waals surface area contributed by atoms with Gasteiger partial charge in [0, 0.05) is 60.3 Å². The predicted molar refractivity (Wildman–Crippen MR) is 221 cm³/mol. The number of hydrazine groups is 2. The van der Waals surface area contributed by atoms with Crippen LogP contribution in [0.4, 0.5) is 0 Å². The Morgan fingerprint density at radius 3 is 2.65 bits per heavy atom. The molecule has 18 heteroatoms. The number of aliphatic imine (C=N–C) groups is 1. The molecule has 0 aliphatic carbocycles. The number of rotatable bonds is 9. The zero-order valence-corrected chi connectivity index (χ0v) is 35.2. The summed E-state index contributed by atoms with van der Waals surface area (Å²) in [4.78, 5) is 90.1. The molecule has 2 fully saturated rings. The molecule has 5 atom stereocenters. The predicted octanol–water partition coefficient (Wildman–Crippen LogP) is 2.98. The van der Waals surface area contributed by atoms with Crippen LogP contribution in [0, 0.1) is 16.2 Å². The highest BCUT2D eigenvalue weighted by atomic mass is 16.7. The first kappa shape index (κ1) is 42.4. The highest BCUT2D eigenvalue weighted by Gasteiger charge is 2.45. The molecule has 18 nitrogen and oxygen atoms in total. The quantitative estimate of drug-likeness (QED) is 0.124. The molecule has 2 saturated heterocycles. The maximum Gasteiger partial charge on any atom is 0.324 e. The average Bonchev–Trinajstić information content (AvgIpc) is 4.00. The summed E-state index contributed by atoms with van der Waals surface area (Å²) in [6.07, 6.45) is 7.54. The number of amides is 3. The molecule has 6 heterocycles. The second kappa shape index (κ2) is 17.5. The van der Waals surface area contributed by atoms with Crippen molar-refractivity contribution in [1.29, 1.82) is 0 Å². The van der Waals surface area contributed by atoms with Crippen LogP contribution in [-0.4, -0.2) is 121 Å². The molecule has 60 heavy (non-hydrogen) atoms. The lowest BCUT2D eigenvalue weighted by molar-refractivity contribution is -0.732. The first-order valence-electron chi connectivity index (χ1n) is 20.7. The fourth-order valence-electron chi connectivity index (χ4n) is 8.80. The summed E-state index contributed by atoms with van der Waals surface area (Å²) in [7, 11) is 1.54. The molecule has 4 aliphatic heterocycles. The number of cyclic esters (lactones) is 1. The number of benzene rings is 1. The van der Waals surface area contributed by atoms with Gasteiger partial charge in [-0.05, 0) is 61.4 Å². The van der Waals surface area contributed by atoms with Gasteiger partial charge in [-0.25, -0.2) is 20.4 Å². The third-order valence-corrected chi connectivity index (χ3v) is 11.8. The number of hydrogen-bond acceptors (Lipinski definition) is 12. The Morgan fingerprint density at radius 2 is 1.93 bits per heavy atom. The second-order valence-electron chi connectivity index (χ2n) is 17.1. The summed E-state index contributed by atoms with van der Waals surface area (Å²) >= 11 is 0. The van der Waals surface area contributed by atoms with Crippen molar-refractivity contribution < 1.29 is 33.6 Å². The zero-order valence-electron chi connectivity index (χ0n) is 35.2. The van der Waals surface area contributed by atoms with E-state index in [9.17, 15) is 24.1 Å². The van der Waals surface area contributed by atoms with Gasteiger partial charge < -0.3 is 24.4 Å². The van der Waals surface area contributed by atoms with Crippen LogP contribution in [0.1, 0.15) is 77.6 Å². The molecule has 3 N–H and O–H groups in total. The third-order valence-electron chi connectivity index (χ3n) is 11.8. The number of nitrogens with one attached hydrogen (secondary N) is 3. The molecule has 320 valence electrons. The number of likely N-dealkylation sites (tertiary alicyclic amines) is 1. The van der Waals surface area contributed by atoms with Crippen LogP contribution >= 0.6 is 0 Å². The highest BCUT2D eigenvalue weighted by Crippen LogP contribution is 2.39. The Morgan fingerprint density at radius 1 is 1.17 bits per heavy atom. The minimum atomic E-state index is -1.19. The number of aromatic nitrogens is 3. The molecule has 2 aromatic heterocycles. The van der Waals surface area contributed by atoms with E-state index in [0.29, 0.717) is 38.8 Å². The van der Waals surface area contributed by atoms with Crippen molar-refractivity contribution in [3.63, 3.8) is 0 Å². The van der Waals surface area contributed by atoms with Gasteiger partial charge in [-0.1, -0.05) is 40.3 Å². The number of likely N-dealkylation sites (N-methyl/N-ethyl adjacent to an activating group) is 1. The van der Waals surface area contributed by atoms with E-state index in [1.807, 2.05) is 19.9 Å². The summed E-state index contributed by atoms with van der Waals surface area (Å²) in [5, 5.41) is 6.60. The average molecular weight is 827 g/mol. The Labute approximate surface area is 349 Å². The molecular weight excluding hydrogens is 771 g/mol. The lowest BCUT2D eigenvalue weighted by atomic mass is 9.84. The van der Waals surface area contributed by atoms with Crippen molar-refractivity contribution in [3.8, 4) is 11.3 Å². The van der Waals surface area contributed by atoms with E-state index >= 15 is 0 Å². The monoisotopic (exact) mass is 826 g/mol. The van der Waals surface area contributed by atoms with Crippen molar-refractivity contribution in [3.05, 3.63) is 65.6 Å². The molecule has 3 aromatic rings. The number of nitrogens with zero attached hydrogens (tertiary/aromatic N) is 8. The largest absolute Gasteiger partial charge is 0.464 e. The van der Waals surface area contributed by atoms with Crippen molar-refractivity contribution >= 4 is 40.5 Å². The zero-order chi connectivity index (χ0) is 42.9. The number of esters is 1. The van der Waals surface area contributed by atoms with E-state index in [0.717, 1.165) is 38.2 Å². The first-order chi connectivity index (χ1) is 28.7. The summed E-state index contributed by atoms with van der Waals surface area (Å²) in [5.41, 5.74) is 10.3. The summed E-state index contributed by atoms with van der Waals surface area (Å²) < 4.78 is 8.25. The summed E-state index contributed by atoms with van der Waals surface area (Å²) in [5.74, 6) is -1.95. The number of hydroxylamine groups is 1. The van der Waals surface area contributed by atoms with E-state index in [2.05, 4.69) is 70.2 Å². The van der Waals surface area contributed by atoms with Gasteiger partial charge in [-0.2, -0.15) is 0 Å². The molecule has 7 rings (SSSR count). The van der Waals surface area contributed by atoms with Crippen molar-refractivity contribution in [2.75, 3.05) is 33.3 Å². The van der Waals surface area contributed by atoms with E-state index in [4.69, 9.17) is 14.6 Å². The summed E-state index contributed by atoms with van der Waals surface area (Å²) in [6.45, 7) is 15.1. The number of ether oxygens (including phenoxy) is 1. The molecule has 3 amide bonds. The van der Waals surface area contributed by atoms with Gasteiger partial charge in [0.15, 0.2) is 12.2 Å². The molecule has 0 saturated carbocycles. The van der Waals surface area contributed by atoms with Crippen LogP contribution in [0.25, 0.3) is 22.2 Å². The number of aryl methyl sites for hydroxylation is 1. The Balaban J connectivity index is 1.23. The van der Waals surface area contributed by atoms with Gasteiger partial charge in [-0.15, -0.1) is 10.5 Å². The van der Waals surface area contributed by atoms with E-state index in [-0.39, 0.29) is 43.8 Å². The van der Waals surface area contributed by atoms with Gasteiger partial charge in [-0.3, -0.25) is 24.2 Å². The third kappa shape index (κ3) is 8.61. The lowest BCUT2D eigenvalue weighted by Gasteiger charge is -2.36. The Bertz CT molecular complexity index is 2190. The minimum Gasteiger partial charge on any atom is -0.464 e. The smallest absolute Gasteiger partial charge is 0.324 e. The lowest BCUT2D eigenvalue weighted by Crippen LogP contribution is -2.62. The molecule has 0 radical (unpaired) electrons. The molecule has 1 aromatic carbocycles. The van der Waals surface area contributed by atoms with Crippen LogP contribution in [-0.2, 0) is 41.7 Å². The van der Waals surface area contributed by atoms with Gasteiger partial charge in [0.25, 0.3) is 11.9 Å². The van der Waals surface area contributed by atoms with E-state index in [1.54, 1.807) is 17.3 Å². The Kier molecular flexibility index (Phi) is 12.3. The maximum absolute atomic E-state index is 14.4. The second-order valence-corrected chi connectivity index (χ2v) is 17.1. The van der Waals surface area contributed by atoms with E-state index in [1.165, 1.54) is 29.5 Å². The van der Waals surface area contributed by atoms with Crippen molar-refractivity contribution in [2.45, 2.75) is 104 Å². The molecule has 0 spiro atoms. The fraction of sp³-hybridized carbons (Fsp3) is 0.548. The maximum atomic E-state index is 14.4. The number of carbonyl (C=O) groups is 4. The normalized spacial score (nSPS) is 23.7. The van der Waals surface area contributed by atoms with Gasteiger partial charge in [0.05, 0.1) is 37.2 Å². The molecule has 1 unspecified atom stereocenters. The Hall–Kier alpha value is -5.75. The van der Waals surface area contributed by atoms with Gasteiger partial charge >= 0.3 is 5.97 Å². The van der Waals surface area contributed by atoms with Crippen LogP contribution in [0.3, 0.4) is 0 Å². The van der Waals surface area contributed by atoms with Gasteiger partial charge in [0.1, 0.15) is 23.3 Å². The SMILES string of the molecule is C=CC(=O)N1CC[C@H]([N+](=O)N(C)[C@H](C(=O)N[C@H]2CC3=NC(NO3)c3ccc4c(c3)c(c(-c3cncnc3)n4CC)CC(C)(C)COC(=O)[C@@H]3CCCN(N3)C2=O)C(C)C)C1. The van der Waals surface area contributed by atoms with Crippen LogP contribution in [0.15, 0.2) is 54.6 Å². The van der Waals surface area contributed by atoms with Gasteiger partial charge in [0.2, 0.25) is 17.7 Å². The topological polar surface area (TPSA) is 196 Å². The van der Waals surface area contributed by atoms with E-state index < -0.39 is 53.5 Å².